The molecule has 3 aromatic rings. The number of aromatic nitrogens is 5. The lowest BCUT2D eigenvalue weighted by molar-refractivity contribution is -0.136. The Morgan fingerprint density at radius 2 is 2.16 bits per heavy atom. The molecule has 0 radical (unpaired) electrons. The quantitative estimate of drug-likeness (QED) is 0.730. The van der Waals surface area contributed by atoms with E-state index in [4.69, 9.17) is 0 Å². The summed E-state index contributed by atoms with van der Waals surface area (Å²) in [5.74, 6) is 0.101. The van der Waals surface area contributed by atoms with Gasteiger partial charge in [-0.1, -0.05) is 17.3 Å². The van der Waals surface area contributed by atoms with Gasteiger partial charge in [-0.2, -0.15) is 5.10 Å². The topological polar surface area (TPSA) is 68.8 Å². The number of nitrogens with zero attached hydrogens (tertiary/aromatic N) is 6. The van der Waals surface area contributed by atoms with Crippen LogP contribution in [0.5, 0.6) is 0 Å². The van der Waals surface area contributed by atoms with Crippen LogP contribution in [0, 0.1) is 6.92 Å². The van der Waals surface area contributed by atoms with Gasteiger partial charge in [-0.15, -0.1) is 5.10 Å². The summed E-state index contributed by atoms with van der Waals surface area (Å²) < 4.78 is 3.64. The van der Waals surface area contributed by atoms with Crippen molar-refractivity contribution in [2.75, 3.05) is 6.54 Å². The second kappa shape index (κ2) is 6.66. The van der Waals surface area contributed by atoms with Gasteiger partial charge < -0.3 is 4.90 Å². The van der Waals surface area contributed by atoms with Crippen molar-refractivity contribution in [2.24, 2.45) is 0 Å². The largest absolute Gasteiger partial charge is 0.336 e. The van der Waals surface area contributed by atoms with Gasteiger partial charge in [0.15, 0.2) is 0 Å². The van der Waals surface area contributed by atoms with Crippen LogP contribution < -0.4 is 0 Å². The van der Waals surface area contributed by atoms with Crippen LogP contribution in [0.4, 0.5) is 0 Å². The molecule has 0 spiro atoms. The number of para-hydroxylation sites is 1. The van der Waals surface area contributed by atoms with Crippen LogP contribution in [-0.4, -0.2) is 48.2 Å². The minimum Gasteiger partial charge on any atom is -0.336 e. The molecule has 0 aliphatic carbocycles. The summed E-state index contributed by atoms with van der Waals surface area (Å²) in [6.45, 7) is 3.81. The third-order valence-corrected chi connectivity index (χ3v) is 4.81. The van der Waals surface area contributed by atoms with Gasteiger partial charge in [-0.05, 0) is 43.9 Å². The first-order valence-electron chi connectivity index (χ1n) is 8.77. The van der Waals surface area contributed by atoms with Crippen LogP contribution in [0.2, 0.25) is 0 Å². The van der Waals surface area contributed by atoms with Crippen molar-refractivity contribution in [3.8, 4) is 0 Å². The lowest BCUT2D eigenvalue weighted by atomic mass is 10.0. The molecule has 1 atom stereocenters. The Morgan fingerprint density at radius 1 is 1.28 bits per heavy atom. The fourth-order valence-corrected chi connectivity index (χ4v) is 3.55. The van der Waals surface area contributed by atoms with E-state index in [9.17, 15) is 4.79 Å². The molecule has 1 fully saturated rings. The minimum absolute atomic E-state index is 0.101. The van der Waals surface area contributed by atoms with E-state index in [1.165, 1.54) is 0 Å². The molecule has 1 saturated heterocycles. The first-order valence-corrected chi connectivity index (χ1v) is 8.77. The molecule has 25 heavy (non-hydrogen) atoms. The molecule has 0 unspecified atom stereocenters. The Morgan fingerprint density at radius 3 is 3.00 bits per heavy atom. The van der Waals surface area contributed by atoms with Gasteiger partial charge in [0, 0.05) is 12.7 Å². The molecule has 1 aliphatic rings. The normalized spacial score (nSPS) is 18.0. The summed E-state index contributed by atoms with van der Waals surface area (Å²) in [6.07, 6.45) is 7.11. The summed E-state index contributed by atoms with van der Waals surface area (Å²) in [5.41, 5.74) is 2.85. The summed E-state index contributed by atoms with van der Waals surface area (Å²) in [5, 5.41) is 12.7. The molecule has 1 aliphatic heterocycles. The van der Waals surface area contributed by atoms with E-state index in [2.05, 4.69) is 15.4 Å². The number of aryl methyl sites for hydroxylation is 1. The van der Waals surface area contributed by atoms with E-state index in [1.807, 2.05) is 53.2 Å². The maximum absolute atomic E-state index is 12.9. The van der Waals surface area contributed by atoms with Crippen molar-refractivity contribution >= 4 is 16.9 Å². The lowest BCUT2D eigenvalue weighted by Crippen LogP contribution is -2.47. The fourth-order valence-electron chi connectivity index (χ4n) is 3.55. The Kier molecular flexibility index (Phi) is 4.21. The number of fused-ring (bicyclic) bond motifs is 1. The van der Waals surface area contributed by atoms with Crippen LogP contribution in [0.15, 0.2) is 36.7 Å². The third kappa shape index (κ3) is 3.26. The second-order valence-electron chi connectivity index (χ2n) is 6.71. The molecule has 130 valence electrons. The number of benzene rings is 1. The molecule has 1 amide bonds. The number of rotatable bonds is 4. The first-order chi connectivity index (χ1) is 12.2. The highest BCUT2D eigenvalue weighted by molar-refractivity contribution is 5.80. The van der Waals surface area contributed by atoms with Crippen LogP contribution in [0.25, 0.3) is 11.0 Å². The van der Waals surface area contributed by atoms with Crippen LogP contribution >= 0.6 is 0 Å². The Balaban J connectivity index is 1.50. The molecule has 0 saturated carbocycles. The van der Waals surface area contributed by atoms with E-state index in [0.29, 0.717) is 0 Å². The van der Waals surface area contributed by atoms with Gasteiger partial charge in [0.1, 0.15) is 12.1 Å². The summed E-state index contributed by atoms with van der Waals surface area (Å²) in [7, 11) is 0. The van der Waals surface area contributed by atoms with E-state index in [0.717, 1.165) is 48.9 Å². The SMILES string of the molecule is Cc1cnn(C[C@@H]2CCCCN2C(=O)Cn2nnc3ccccc32)c1. The average Bonchev–Trinajstić information content (AvgIpc) is 3.22. The van der Waals surface area contributed by atoms with Gasteiger partial charge in [0.25, 0.3) is 0 Å². The van der Waals surface area contributed by atoms with Crippen molar-refractivity contribution in [1.82, 2.24) is 29.7 Å². The van der Waals surface area contributed by atoms with E-state index < -0.39 is 0 Å². The molecule has 3 heterocycles. The molecule has 4 rings (SSSR count). The molecular formula is C18H22N6O. The lowest BCUT2D eigenvalue weighted by Gasteiger charge is -2.35. The number of hydrogen-bond acceptors (Lipinski definition) is 4. The van der Waals surface area contributed by atoms with Gasteiger partial charge in [0.05, 0.1) is 24.3 Å². The van der Waals surface area contributed by atoms with E-state index >= 15 is 0 Å². The predicted molar refractivity (Wildman–Crippen MR) is 93.8 cm³/mol. The minimum atomic E-state index is 0.101. The molecule has 0 bridgehead atoms. The van der Waals surface area contributed by atoms with Gasteiger partial charge in [-0.25, -0.2) is 4.68 Å². The molecule has 0 N–H and O–H groups in total. The van der Waals surface area contributed by atoms with Crippen molar-refractivity contribution < 1.29 is 4.79 Å². The van der Waals surface area contributed by atoms with Gasteiger partial charge >= 0.3 is 0 Å². The summed E-state index contributed by atoms with van der Waals surface area (Å²) >= 11 is 0. The highest BCUT2D eigenvalue weighted by atomic mass is 16.2. The molecular weight excluding hydrogens is 316 g/mol. The number of carbonyl (C=O) groups excluding carboxylic acids is 1. The number of piperidine rings is 1. The van der Waals surface area contributed by atoms with Crippen LogP contribution in [0.1, 0.15) is 24.8 Å². The number of likely N-dealkylation sites (tertiary alicyclic amines) is 1. The highest BCUT2D eigenvalue weighted by Gasteiger charge is 2.27. The zero-order valence-electron chi connectivity index (χ0n) is 14.4. The first kappa shape index (κ1) is 15.8. The van der Waals surface area contributed by atoms with Crippen LogP contribution in [0.3, 0.4) is 0 Å². The monoisotopic (exact) mass is 338 g/mol. The fraction of sp³-hybridized carbons (Fsp3) is 0.444. The van der Waals surface area contributed by atoms with E-state index in [1.54, 1.807) is 4.68 Å². The highest BCUT2D eigenvalue weighted by Crippen LogP contribution is 2.20. The Labute approximate surface area is 146 Å². The predicted octanol–water partition coefficient (Wildman–Crippen LogP) is 2.02. The molecule has 7 heteroatoms. The summed E-state index contributed by atoms with van der Waals surface area (Å²) in [6, 6.07) is 7.91. The van der Waals surface area contributed by atoms with Crippen LogP contribution in [-0.2, 0) is 17.9 Å². The van der Waals surface area contributed by atoms with E-state index in [-0.39, 0.29) is 18.5 Å². The second-order valence-corrected chi connectivity index (χ2v) is 6.71. The zero-order valence-corrected chi connectivity index (χ0v) is 14.4. The third-order valence-electron chi connectivity index (χ3n) is 4.81. The van der Waals surface area contributed by atoms with Crippen molar-refractivity contribution in [3.05, 3.63) is 42.2 Å². The maximum atomic E-state index is 12.9. The summed E-state index contributed by atoms with van der Waals surface area (Å²) in [4.78, 5) is 14.9. The molecule has 7 nitrogen and oxygen atoms in total. The van der Waals surface area contributed by atoms with Crippen molar-refractivity contribution in [3.63, 3.8) is 0 Å². The van der Waals surface area contributed by atoms with Gasteiger partial charge in [0.2, 0.25) is 5.91 Å². The number of carbonyl (C=O) groups is 1. The Bertz CT molecular complexity index is 882. The van der Waals surface area contributed by atoms with Gasteiger partial charge in [-0.3, -0.25) is 9.48 Å². The van der Waals surface area contributed by atoms with Crippen molar-refractivity contribution in [1.29, 1.82) is 0 Å². The standard InChI is InChI=1S/C18H22N6O/c1-14-10-19-22(11-14)12-15-6-4-5-9-23(15)18(25)13-24-17-8-3-2-7-16(17)20-21-24/h2-3,7-8,10-11,15H,4-6,9,12-13H2,1H3/t15-/m0/s1. The molecule has 1 aromatic carbocycles. The Hall–Kier alpha value is -2.70. The zero-order chi connectivity index (χ0) is 17.2. The number of amides is 1. The maximum Gasteiger partial charge on any atom is 0.244 e. The smallest absolute Gasteiger partial charge is 0.244 e. The number of hydrogen-bond donors (Lipinski definition) is 0. The molecule has 2 aromatic heterocycles. The van der Waals surface area contributed by atoms with Crippen molar-refractivity contribution in [2.45, 2.75) is 45.3 Å². The average molecular weight is 338 g/mol.